The number of furan rings is 1. The highest BCUT2D eigenvalue weighted by molar-refractivity contribution is 7.13. The summed E-state index contributed by atoms with van der Waals surface area (Å²) >= 11 is 1.40. The molecule has 0 spiro atoms. The molecule has 1 unspecified atom stereocenters. The van der Waals surface area contributed by atoms with Crippen molar-refractivity contribution in [2.75, 3.05) is 19.6 Å². The number of thiazole rings is 1. The molecule has 0 radical (unpaired) electrons. The van der Waals surface area contributed by atoms with E-state index < -0.39 is 0 Å². The summed E-state index contributed by atoms with van der Waals surface area (Å²) < 4.78 is 5.58. The van der Waals surface area contributed by atoms with Gasteiger partial charge in [0.1, 0.15) is 11.5 Å². The lowest BCUT2D eigenvalue weighted by Gasteiger charge is -2.35. The number of nitrogens with zero attached hydrogens (tertiary/aromatic N) is 2. The molecule has 2 amide bonds. The van der Waals surface area contributed by atoms with Crippen molar-refractivity contribution in [3.8, 4) is 10.8 Å². The van der Waals surface area contributed by atoms with Gasteiger partial charge in [0.25, 0.3) is 5.91 Å². The summed E-state index contributed by atoms with van der Waals surface area (Å²) in [5.41, 5.74) is 5.83. The third-order valence-corrected chi connectivity index (χ3v) is 5.33. The maximum absolute atomic E-state index is 12.9. The standard InChI is InChI=1S/C18H24N4O3S/c1-12-5-6-15(25-12)17-21-14(11-26-17)18(24)22-9-3-2-4-13(22)10-20-16(23)7-8-19/h5-6,11,13H,2-4,7-10,19H2,1H3,(H,20,23). The molecule has 2 aromatic heterocycles. The Morgan fingerprint density at radius 1 is 1.42 bits per heavy atom. The zero-order valence-electron chi connectivity index (χ0n) is 14.9. The average Bonchev–Trinajstić information content (AvgIpc) is 3.29. The lowest BCUT2D eigenvalue weighted by Crippen LogP contribution is -2.49. The van der Waals surface area contributed by atoms with Crippen molar-refractivity contribution in [3.05, 3.63) is 29.0 Å². The Kier molecular flexibility index (Phi) is 6.05. The minimum atomic E-state index is -0.0893. The van der Waals surface area contributed by atoms with Gasteiger partial charge in [0, 0.05) is 37.5 Å². The smallest absolute Gasteiger partial charge is 0.273 e. The highest BCUT2D eigenvalue weighted by Crippen LogP contribution is 2.27. The maximum Gasteiger partial charge on any atom is 0.273 e. The molecule has 3 rings (SSSR count). The van der Waals surface area contributed by atoms with Gasteiger partial charge in [-0.05, 0) is 38.3 Å². The second kappa shape index (κ2) is 8.46. The number of nitrogens with two attached hydrogens (primary N) is 1. The molecule has 1 fully saturated rings. The van der Waals surface area contributed by atoms with Crippen LogP contribution in [0.4, 0.5) is 0 Å². The lowest BCUT2D eigenvalue weighted by molar-refractivity contribution is -0.121. The van der Waals surface area contributed by atoms with E-state index in [-0.39, 0.29) is 17.9 Å². The zero-order chi connectivity index (χ0) is 18.5. The fourth-order valence-corrected chi connectivity index (χ4v) is 3.87. The van der Waals surface area contributed by atoms with E-state index in [1.807, 2.05) is 24.0 Å². The summed E-state index contributed by atoms with van der Waals surface area (Å²) in [6.07, 6.45) is 3.20. The van der Waals surface area contributed by atoms with Gasteiger partial charge >= 0.3 is 0 Å². The third kappa shape index (κ3) is 4.31. The number of rotatable bonds is 6. The van der Waals surface area contributed by atoms with E-state index in [1.54, 1.807) is 5.38 Å². The fourth-order valence-electron chi connectivity index (χ4n) is 3.11. The number of nitrogens with one attached hydrogen (secondary N) is 1. The average molecular weight is 376 g/mol. The van der Waals surface area contributed by atoms with Crippen LogP contribution in [0.1, 0.15) is 41.9 Å². The molecule has 1 aliphatic rings. The van der Waals surface area contributed by atoms with Crippen molar-refractivity contribution in [1.29, 1.82) is 0 Å². The van der Waals surface area contributed by atoms with Crippen molar-refractivity contribution in [3.63, 3.8) is 0 Å². The number of aromatic nitrogens is 1. The van der Waals surface area contributed by atoms with Gasteiger partial charge in [0.05, 0.1) is 0 Å². The minimum absolute atomic E-state index is 0.00557. The first-order valence-corrected chi connectivity index (χ1v) is 9.76. The van der Waals surface area contributed by atoms with Gasteiger partial charge in [0.2, 0.25) is 5.91 Å². The first kappa shape index (κ1) is 18.6. The van der Waals surface area contributed by atoms with Gasteiger partial charge in [-0.3, -0.25) is 9.59 Å². The summed E-state index contributed by atoms with van der Waals surface area (Å²) in [6, 6.07) is 3.73. The van der Waals surface area contributed by atoms with E-state index in [2.05, 4.69) is 10.3 Å². The van der Waals surface area contributed by atoms with Crippen LogP contribution in [0.15, 0.2) is 21.9 Å². The third-order valence-electron chi connectivity index (χ3n) is 4.47. The number of aryl methyl sites for hydroxylation is 1. The molecule has 0 saturated carbocycles. The second-order valence-corrected chi connectivity index (χ2v) is 7.30. The van der Waals surface area contributed by atoms with E-state index in [1.165, 1.54) is 11.3 Å². The molecular formula is C18H24N4O3S. The van der Waals surface area contributed by atoms with Crippen molar-refractivity contribution in [2.45, 2.75) is 38.6 Å². The van der Waals surface area contributed by atoms with Crippen molar-refractivity contribution in [1.82, 2.24) is 15.2 Å². The molecule has 0 bridgehead atoms. The van der Waals surface area contributed by atoms with Crippen molar-refractivity contribution >= 4 is 23.2 Å². The van der Waals surface area contributed by atoms with Crippen LogP contribution in [-0.2, 0) is 4.79 Å². The highest BCUT2D eigenvalue weighted by Gasteiger charge is 2.29. The Morgan fingerprint density at radius 3 is 3.00 bits per heavy atom. The Morgan fingerprint density at radius 2 is 2.27 bits per heavy atom. The van der Waals surface area contributed by atoms with Crippen LogP contribution in [-0.4, -0.2) is 47.4 Å². The van der Waals surface area contributed by atoms with E-state index in [9.17, 15) is 9.59 Å². The van der Waals surface area contributed by atoms with Crippen LogP contribution < -0.4 is 11.1 Å². The molecule has 140 valence electrons. The number of amides is 2. The summed E-state index contributed by atoms with van der Waals surface area (Å²) in [4.78, 5) is 30.9. The molecule has 3 N–H and O–H groups in total. The number of carbonyl (C=O) groups is 2. The quantitative estimate of drug-likeness (QED) is 0.804. The number of likely N-dealkylation sites (tertiary alicyclic amines) is 1. The van der Waals surface area contributed by atoms with E-state index in [0.29, 0.717) is 42.5 Å². The SMILES string of the molecule is Cc1ccc(-c2nc(C(=O)N3CCCCC3CNC(=O)CCN)cs2)o1. The van der Waals surface area contributed by atoms with Gasteiger partial charge in [-0.25, -0.2) is 4.98 Å². The van der Waals surface area contributed by atoms with E-state index in [0.717, 1.165) is 25.0 Å². The fraction of sp³-hybridized carbons (Fsp3) is 0.500. The summed E-state index contributed by atoms with van der Waals surface area (Å²) in [5, 5.41) is 5.35. The van der Waals surface area contributed by atoms with Gasteiger partial charge in [-0.2, -0.15) is 0 Å². The number of carbonyl (C=O) groups excluding carboxylic acids is 2. The molecule has 2 aromatic rings. The molecular weight excluding hydrogens is 352 g/mol. The number of piperidine rings is 1. The molecule has 1 aliphatic heterocycles. The molecule has 26 heavy (non-hydrogen) atoms. The van der Waals surface area contributed by atoms with Crippen LogP contribution >= 0.6 is 11.3 Å². The van der Waals surface area contributed by atoms with Gasteiger partial charge in [-0.1, -0.05) is 0 Å². The second-order valence-electron chi connectivity index (χ2n) is 6.44. The molecule has 3 heterocycles. The monoisotopic (exact) mass is 376 g/mol. The molecule has 7 nitrogen and oxygen atoms in total. The molecule has 1 saturated heterocycles. The van der Waals surface area contributed by atoms with Gasteiger partial charge in [0.15, 0.2) is 10.8 Å². The molecule has 0 aromatic carbocycles. The predicted molar refractivity (Wildman–Crippen MR) is 99.9 cm³/mol. The first-order chi connectivity index (χ1) is 12.6. The Hall–Kier alpha value is -2.19. The molecule has 0 aliphatic carbocycles. The van der Waals surface area contributed by atoms with Crippen molar-refractivity contribution in [2.24, 2.45) is 5.73 Å². The lowest BCUT2D eigenvalue weighted by atomic mass is 10.0. The zero-order valence-corrected chi connectivity index (χ0v) is 15.7. The maximum atomic E-state index is 12.9. The van der Waals surface area contributed by atoms with Crippen LogP contribution in [0.5, 0.6) is 0 Å². The Labute approximate surface area is 156 Å². The summed E-state index contributed by atoms with van der Waals surface area (Å²) in [5.74, 6) is 1.33. The molecule has 8 heteroatoms. The van der Waals surface area contributed by atoms with Gasteiger partial charge in [-0.15, -0.1) is 11.3 Å². The van der Waals surface area contributed by atoms with Crippen molar-refractivity contribution < 1.29 is 14.0 Å². The van der Waals surface area contributed by atoms with E-state index >= 15 is 0 Å². The summed E-state index contributed by atoms with van der Waals surface area (Å²) in [6.45, 7) is 3.34. The first-order valence-electron chi connectivity index (χ1n) is 8.88. The van der Waals surface area contributed by atoms with Crippen LogP contribution in [0.25, 0.3) is 10.8 Å². The number of hydrogen-bond acceptors (Lipinski definition) is 6. The number of hydrogen-bond donors (Lipinski definition) is 2. The van der Waals surface area contributed by atoms with Gasteiger partial charge < -0.3 is 20.4 Å². The normalized spacial score (nSPS) is 17.3. The highest BCUT2D eigenvalue weighted by atomic mass is 32.1. The minimum Gasteiger partial charge on any atom is -0.459 e. The Bertz CT molecular complexity index is 770. The largest absolute Gasteiger partial charge is 0.459 e. The Balaban J connectivity index is 1.68. The predicted octanol–water partition coefficient (Wildman–Crippen LogP) is 2.17. The van der Waals surface area contributed by atoms with Crippen LogP contribution in [0.3, 0.4) is 0 Å². The van der Waals surface area contributed by atoms with Crippen LogP contribution in [0.2, 0.25) is 0 Å². The topological polar surface area (TPSA) is 101 Å². The summed E-state index contributed by atoms with van der Waals surface area (Å²) in [7, 11) is 0. The van der Waals surface area contributed by atoms with E-state index in [4.69, 9.17) is 10.2 Å². The molecule has 1 atom stereocenters. The van der Waals surface area contributed by atoms with Crippen LogP contribution in [0, 0.1) is 6.92 Å².